The molecule has 3 aromatic carbocycles. The van der Waals surface area contributed by atoms with Crippen LogP contribution in [0.5, 0.6) is 11.5 Å². The maximum Gasteiger partial charge on any atom is 0.261 e. The molecule has 9 nitrogen and oxygen atoms in total. The van der Waals surface area contributed by atoms with Gasteiger partial charge in [-0.15, -0.1) is 0 Å². The summed E-state index contributed by atoms with van der Waals surface area (Å²) in [5.74, 6) is 0.0942. The van der Waals surface area contributed by atoms with E-state index in [1.807, 2.05) is 6.07 Å². The lowest BCUT2D eigenvalue weighted by Gasteiger charge is -2.37. The summed E-state index contributed by atoms with van der Waals surface area (Å²) in [5, 5.41) is 3.80. The van der Waals surface area contributed by atoms with Crippen molar-refractivity contribution in [2.45, 2.75) is 25.7 Å². The first-order chi connectivity index (χ1) is 19.4. The number of nitrogens with zero attached hydrogens (tertiary/aromatic N) is 2. The molecule has 0 spiro atoms. The van der Waals surface area contributed by atoms with Crippen LogP contribution in [0.4, 0.5) is 17.1 Å². The van der Waals surface area contributed by atoms with Gasteiger partial charge in [0, 0.05) is 47.0 Å². The molecule has 3 heterocycles. The Bertz CT molecular complexity index is 1720. The first-order valence-electron chi connectivity index (χ1n) is 13.3. The minimum atomic E-state index is -0.560. The van der Waals surface area contributed by atoms with Crippen molar-refractivity contribution >= 4 is 39.8 Å². The van der Waals surface area contributed by atoms with Gasteiger partial charge in [0.25, 0.3) is 5.91 Å². The number of hydrogen-bond donors (Lipinski definition) is 2. The second-order valence-electron chi connectivity index (χ2n) is 9.99. The van der Waals surface area contributed by atoms with Crippen molar-refractivity contribution in [1.82, 2.24) is 0 Å². The molecule has 0 radical (unpaired) electrons. The molecular formula is C31H30N4O5. The summed E-state index contributed by atoms with van der Waals surface area (Å²) in [6, 6.07) is 15.8. The van der Waals surface area contributed by atoms with E-state index in [0.29, 0.717) is 28.4 Å². The van der Waals surface area contributed by atoms with E-state index in [1.54, 1.807) is 49.6 Å². The number of ether oxygens (including phenoxy) is 2. The van der Waals surface area contributed by atoms with Crippen molar-refractivity contribution in [3.05, 3.63) is 82.4 Å². The van der Waals surface area contributed by atoms with Crippen molar-refractivity contribution in [2.75, 3.05) is 37.5 Å². The van der Waals surface area contributed by atoms with Crippen LogP contribution in [0, 0.1) is 0 Å². The molecule has 0 fully saturated rings. The number of anilines is 2. The van der Waals surface area contributed by atoms with Crippen molar-refractivity contribution in [3.8, 4) is 11.5 Å². The summed E-state index contributed by atoms with van der Waals surface area (Å²) in [6.45, 7) is 2.07. The van der Waals surface area contributed by atoms with Crippen LogP contribution in [-0.4, -0.2) is 39.1 Å². The summed E-state index contributed by atoms with van der Waals surface area (Å²) in [5.41, 5.74) is 11.6. The Morgan fingerprint density at radius 2 is 1.77 bits per heavy atom. The van der Waals surface area contributed by atoms with Crippen LogP contribution in [0.1, 0.15) is 44.7 Å². The van der Waals surface area contributed by atoms with Gasteiger partial charge in [0.1, 0.15) is 11.1 Å². The number of primary amides is 1. The summed E-state index contributed by atoms with van der Waals surface area (Å²) in [6.07, 6.45) is 4.03. The molecule has 0 aliphatic carbocycles. The molecule has 0 unspecified atom stereocenters. The van der Waals surface area contributed by atoms with E-state index >= 15 is 0 Å². The Morgan fingerprint density at radius 3 is 2.55 bits per heavy atom. The van der Waals surface area contributed by atoms with Crippen LogP contribution in [0.25, 0.3) is 11.0 Å². The van der Waals surface area contributed by atoms with Crippen molar-refractivity contribution < 1.29 is 23.5 Å². The minimum Gasteiger partial charge on any atom is -0.493 e. The van der Waals surface area contributed by atoms with E-state index in [9.17, 15) is 9.59 Å². The molecular weight excluding hydrogens is 508 g/mol. The Labute approximate surface area is 231 Å². The molecule has 0 saturated heterocycles. The number of amides is 2. The van der Waals surface area contributed by atoms with Gasteiger partial charge in [-0.2, -0.15) is 0 Å². The number of fused-ring (bicyclic) bond motifs is 2. The Morgan fingerprint density at radius 1 is 0.975 bits per heavy atom. The van der Waals surface area contributed by atoms with Gasteiger partial charge in [-0.3, -0.25) is 9.59 Å². The summed E-state index contributed by atoms with van der Waals surface area (Å²) in [7, 11) is 3.09. The van der Waals surface area contributed by atoms with E-state index in [0.717, 1.165) is 55.3 Å². The van der Waals surface area contributed by atoms with E-state index in [1.165, 1.54) is 18.4 Å². The Hall–Kier alpha value is -4.79. The van der Waals surface area contributed by atoms with E-state index in [2.05, 4.69) is 21.3 Å². The smallest absolute Gasteiger partial charge is 0.261 e. The van der Waals surface area contributed by atoms with Crippen molar-refractivity contribution in [2.24, 2.45) is 10.7 Å². The zero-order chi connectivity index (χ0) is 27.8. The van der Waals surface area contributed by atoms with E-state index in [4.69, 9.17) is 19.6 Å². The molecule has 204 valence electrons. The SMILES string of the molecule is COc1ccc(NC(=O)c2cc3cc4c5c(c3oc2=Nc2cccc(C(N)=O)c2)CCCN5CCC4)cc1OC. The van der Waals surface area contributed by atoms with E-state index < -0.39 is 11.8 Å². The zero-order valence-corrected chi connectivity index (χ0v) is 22.5. The third-order valence-corrected chi connectivity index (χ3v) is 7.48. The zero-order valence-electron chi connectivity index (χ0n) is 22.5. The molecule has 3 N–H and O–H groups in total. The topological polar surface area (TPSA) is 119 Å². The average Bonchev–Trinajstić information content (AvgIpc) is 2.97. The number of methoxy groups -OCH3 is 2. The summed E-state index contributed by atoms with van der Waals surface area (Å²) < 4.78 is 17.2. The molecule has 0 atom stereocenters. The van der Waals surface area contributed by atoms with Gasteiger partial charge in [-0.05, 0) is 73.7 Å². The largest absolute Gasteiger partial charge is 0.493 e. The predicted molar refractivity (Wildman–Crippen MR) is 153 cm³/mol. The number of rotatable bonds is 6. The highest BCUT2D eigenvalue weighted by molar-refractivity contribution is 6.06. The third-order valence-electron chi connectivity index (χ3n) is 7.48. The van der Waals surface area contributed by atoms with Gasteiger partial charge in [0.05, 0.1) is 19.9 Å². The summed E-state index contributed by atoms with van der Waals surface area (Å²) >= 11 is 0. The lowest BCUT2D eigenvalue weighted by molar-refractivity contribution is 0.0997. The molecule has 2 aliphatic heterocycles. The maximum atomic E-state index is 13.7. The molecule has 40 heavy (non-hydrogen) atoms. The first-order valence-corrected chi connectivity index (χ1v) is 13.3. The molecule has 0 saturated carbocycles. The number of carbonyl (C=O) groups is 2. The first kappa shape index (κ1) is 25.5. The molecule has 0 bridgehead atoms. The van der Waals surface area contributed by atoms with Crippen LogP contribution in [-0.2, 0) is 12.8 Å². The molecule has 2 aliphatic rings. The monoisotopic (exact) mass is 538 g/mol. The van der Waals surface area contributed by atoms with Crippen molar-refractivity contribution in [1.29, 1.82) is 0 Å². The van der Waals surface area contributed by atoms with Gasteiger partial charge in [0.2, 0.25) is 11.5 Å². The fraction of sp³-hybridized carbons (Fsp3) is 0.258. The fourth-order valence-corrected chi connectivity index (χ4v) is 5.66. The second-order valence-corrected chi connectivity index (χ2v) is 9.99. The number of carbonyl (C=O) groups excluding carboxylic acids is 2. The Kier molecular flexibility index (Phi) is 6.63. The lowest BCUT2D eigenvalue weighted by atomic mass is 9.90. The molecule has 6 rings (SSSR count). The van der Waals surface area contributed by atoms with Crippen LogP contribution in [0.2, 0.25) is 0 Å². The number of benzene rings is 3. The van der Waals surface area contributed by atoms with Gasteiger partial charge in [-0.25, -0.2) is 4.99 Å². The number of nitrogens with two attached hydrogens (primary N) is 1. The number of aryl methyl sites for hydroxylation is 2. The van der Waals surface area contributed by atoms with Gasteiger partial charge in [0.15, 0.2) is 11.5 Å². The third kappa shape index (κ3) is 4.64. The van der Waals surface area contributed by atoms with E-state index in [-0.39, 0.29) is 11.1 Å². The molecule has 9 heteroatoms. The Balaban J connectivity index is 1.52. The molecule has 4 aromatic rings. The molecule has 1 aromatic heterocycles. The quantitative estimate of drug-likeness (QED) is 0.366. The van der Waals surface area contributed by atoms with Crippen molar-refractivity contribution in [3.63, 3.8) is 0 Å². The predicted octanol–water partition coefficient (Wildman–Crippen LogP) is 4.73. The molecule has 2 amide bonds. The van der Waals surface area contributed by atoms with Gasteiger partial charge < -0.3 is 29.8 Å². The maximum absolute atomic E-state index is 13.7. The van der Waals surface area contributed by atoms with Crippen LogP contribution < -0.4 is 31.0 Å². The highest BCUT2D eigenvalue weighted by atomic mass is 16.5. The van der Waals surface area contributed by atoms with Gasteiger partial charge in [-0.1, -0.05) is 6.07 Å². The summed E-state index contributed by atoms with van der Waals surface area (Å²) in [4.78, 5) is 32.6. The second kappa shape index (κ2) is 10.4. The standard InChI is InChI=1S/C31H30N4O5/c1-38-25-11-10-22(17-26(25)39-2)33-30(37)24-16-20-14-18-7-4-12-35-13-5-9-23(27(18)35)28(20)40-31(24)34-21-8-3-6-19(15-21)29(32)36/h3,6,8,10-11,14-17H,4-5,7,9,12-13H2,1-2H3,(H2,32,36)(H,33,37). The van der Waals surface area contributed by atoms with Crippen LogP contribution in [0.3, 0.4) is 0 Å². The fourth-order valence-electron chi connectivity index (χ4n) is 5.66. The van der Waals surface area contributed by atoms with Gasteiger partial charge >= 0.3 is 0 Å². The number of hydrogen-bond acceptors (Lipinski definition) is 7. The van der Waals surface area contributed by atoms with Crippen LogP contribution in [0.15, 0.2) is 64.0 Å². The highest BCUT2D eigenvalue weighted by Crippen LogP contribution is 2.40. The minimum absolute atomic E-state index is 0.149. The average molecular weight is 539 g/mol. The highest BCUT2D eigenvalue weighted by Gasteiger charge is 2.27. The number of nitrogens with one attached hydrogen (secondary N) is 1. The normalized spacial score (nSPS) is 14.6. The van der Waals surface area contributed by atoms with Crippen LogP contribution >= 0.6 is 0 Å². The lowest BCUT2D eigenvalue weighted by Crippen LogP contribution is -2.34.